The van der Waals surface area contributed by atoms with Gasteiger partial charge in [0.2, 0.25) is 0 Å². The number of hydrogen-bond acceptors (Lipinski definition) is 1. The molecule has 0 heterocycles. The largest absolute Gasteiger partial charge is 0.310 e. The number of fused-ring (bicyclic) bond motifs is 1. The van der Waals surface area contributed by atoms with E-state index in [4.69, 9.17) is 23.2 Å². The van der Waals surface area contributed by atoms with Gasteiger partial charge in [0.15, 0.2) is 0 Å². The second-order valence-corrected chi connectivity index (χ2v) is 6.24. The van der Waals surface area contributed by atoms with Crippen LogP contribution in [0, 0.1) is 0 Å². The van der Waals surface area contributed by atoms with Crippen molar-refractivity contribution < 1.29 is 0 Å². The van der Waals surface area contributed by atoms with Gasteiger partial charge in [0, 0.05) is 28.5 Å². The molecule has 0 radical (unpaired) electrons. The van der Waals surface area contributed by atoms with Gasteiger partial charge >= 0.3 is 0 Å². The first-order valence-electron chi connectivity index (χ1n) is 6.91. The molecule has 0 aliphatic heterocycles. The molecule has 0 bridgehead atoms. The summed E-state index contributed by atoms with van der Waals surface area (Å²) in [4.78, 5) is 0. The van der Waals surface area contributed by atoms with Gasteiger partial charge in [-0.2, -0.15) is 0 Å². The second kappa shape index (κ2) is 5.77. The summed E-state index contributed by atoms with van der Waals surface area (Å²) in [7, 11) is 0. The molecule has 0 aromatic heterocycles. The van der Waals surface area contributed by atoms with Crippen LogP contribution in [-0.4, -0.2) is 6.54 Å². The molecule has 2 unspecified atom stereocenters. The van der Waals surface area contributed by atoms with Gasteiger partial charge in [-0.1, -0.05) is 53.5 Å². The van der Waals surface area contributed by atoms with Crippen molar-refractivity contribution in [2.45, 2.75) is 25.3 Å². The zero-order valence-electron chi connectivity index (χ0n) is 11.4. The number of nitrogens with one attached hydrogen (secondary N) is 1. The van der Waals surface area contributed by atoms with Crippen molar-refractivity contribution in [3.05, 3.63) is 69.2 Å². The SMILES string of the molecule is CC(NCC1Cc2ccccc21)c1ccc(Cl)cc1Cl. The Morgan fingerprint density at radius 2 is 2.00 bits per heavy atom. The molecule has 3 heteroatoms. The zero-order valence-corrected chi connectivity index (χ0v) is 12.9. The zero-order chi connectivity index (χ0) is 14.1. The molecule has 2 aromatic carbocycles. The summed E-state index contributed by atoms with van der Waals surface area (Å²) in [5, 5.41) is 4.98. The van der Waals surface area contributed by atoms with Crippen LogP contribution in [-0.2, 0) is 6.42 Å². The maximum absolute atomic E-state index is 6.24. The van der Waals surface area contributed by atoms with Crippen molar-refractivity contribution in [2.24, 2.45) is 0 Å². The number of hydrogen-bond donors (Lipinski definition) is 1. The lowest BCUT2D eigenvalue weighted by Crippen LogP contribution is -2.30. The van der Waals surface area contributed by atoms with E-state index in [9.17, 15) is 0 Å². The molecule has 0 fully saturated rings. The highest BCUT2D eigenvalue weighted by atomic mass is 35.5. The van der Waals surface area contributed by atoms with Crippen molar-refractivity contribution in [1.29, 1.82) is 0 Å². The molecule has 1 nitrogen and oxygen atoms in total. The number of halogens is 2. The first-order valence-corrected chi connectivity index (χ1v) is 7.67. The Hall–Kier alpha value is -1.02. The fraction of sp³-hybridized carbons (Fsp3) is 0.294. The van der Waals surface area contributed by atoms with Crippen LogP contribution in [0.4, 0.5) is 0 Å². The molecule has 0 amide bonds. The van der Waals surface area contributed by atoms with Crippen LogP contribution in [0.3, 0.4) is 0 Å². The number of rotatable bonds is 4. The van der Waals surface area contributed by atoms with Crippen LogP contribution in [0.5, 0.6) is 0 Å². The van der Waals surface area contributed by atoms with E-state index in [2.05, 4.69) is 36.5 Å². The van der Waals surface area contributed by atoms with Crippen LogP contribution in [0.25, 0.3) is 0 Å². The minimum atomic E-state index is 0.229. The van der Waals surface area contributed by atoms with Crippen molar-refractivity contribution in [2.75, 3.05) is 6.54 Å². The normalized spacial score (nSPS) is 18.2. The quantitative estimate of drug-likeness (QED) is 0.839. The molecule has 104 valence electrons. The van der Waals surface area contributed by atoms with Crippen LogP contribution in [0.2, 0.25) is 10.0 Å². The third-order valence-electron chi connectivity index (χ3n) is 4.06. The van der Waals surface area contributed by atoms with Gasteiger partial charge in [0.1, 0.15) is 0 Å². The average molecular weight is 306 g/mol. The maximum Gasteiger partial charge on any atom is 0.0468 e. The minimum absolute atomic E-state index is 0.229. The number of benzene rings is 2. The van der Waals surface area contributed by atoms with Gasteiger partial charge < -0.3 is 5.32 Å². The first-order chi connectivity index (χ1) is 9.65. The Kier molecular flexibility index (Phi) is 4.02. The summed E-state index contributed by atoms with van der Waals surface area (Å²) in [6, 6.07) is 14.6. The molecule has 1 aliphatic rings. The summed E-state index contributed by atoms with van der Waals surface area (Å²) in [5.41, 5.74) is 4.06. The van der Waals surface area contributed by atoms with Gasteiger partial charge in [-0.05, 0) is 42.2 Å². The third-order valence-corrected chi connectivity index (χ3v) is 4.62. The van der Waals surface area contributed by atoms with E-state index < -0.39 is 0 Å². The van der Waals surface area contributed by atoms with Gasteiger partial charge in [-0.25, -0.2) is 0 Å². The van der Waals surface area contributed by atoms with E-state index in [1.165, 1.54) is 17.5 Å². The third kappa shape index (κ3) is 2.71. The van der Waals surface area contributed by atoms with Gasteiger partial charge in [-0.15, -0.1) is 0 Å². The van der Waals surface area contributed by atoms with E-state index in [1.54, 1.807) is 6.07 Å². The molecule has 20 heavy (non-hydrogen) atoms. The standard InChI is InChI=1S/C17H17Cl2N/c1-11(15-7-6-14(18)9-17(15)19)20-10-13-8-12-4-2-3-5-16(12)13/h2-7,9,11,13,20H,8,10H2,1H3. The summed E-state index contributed by atoms with van der Waals surface area (Å²) in [6.45, 7) is 3.12. The topological polar surface area (TPSA) is 12.0 Å². The molecule has 2 aromatic rings. The van der Waals surface area contributed by atoms with Crippen LogP contribution in [0.1, 0.15) is 35.6 Å². The fourth-order valence-electron chi connectivity index (χ4n) is 2.83. The Morgan fingerprint density at radius 1 is 1.20 bits per heavy atom. The Morgan fingerprint density at radius 3 is 2.75 bits per heavy atom. The van der Waals surface area contributed by atoms with Gasteiger partial charge in [0.25, 0.3) is 0 Å². The summed E-state index contributed by atoms with van der Waals surface area (Å²) in [6.07, 6.45) is 1.17. The molecule has 3 rings (SSSR count). The van der Waals surface area contributed by atoms with Crippen LogP contribution in [0.15, 0.2) is 42.5 Å². The predicted octanol–water partition coefficient (Wildman–Crippen LogP) is 4.98. The smallest absolute Gasteiger partial charge is 0.0468 e. The summed E-state index contributed by atoms with van der Waals surface area (Å²) < 4.78 is 0. The van der Waals surface area contributed by atoms with Crippen molar-refractivity contribution >= 4 is 23.2 Å². The molecular formula is C17H17Cl2N. The predicted molar refractivity (Wildman–Crippen MR) is 85.8 cm³/mol. The summed E-state index contributed by atoms with van der Waals surface area (Å²) >= 11 is 12.2. The van der Waals surface area contributed by atoms with E-state index in [0.717, 1.165) is 17.1 Å². The van der Waals surface area contributed by atoms with E-state index in [1.807, 2.05) is 12.1 Å². The lowest BCUT2D eigenvalue weighted by Gasteiger charge is -2.31. The monoisotopic (exact) mass is 305 g/mol. The molecule has 0 spiro atoms. The van der Waals surface area contributed by atoms with Crippen LogP contribution < -0.4 is 5.32 Å². The van der Waals surface area contributed by atoms with Gasteiger partial charge in [-0.3, -0.25) is 0 Å². The van der Waals surface area contributed by atoms with E-state index >= 15 is 0 Å². The highest BCUT2D eigenvalue weighted by Crippen LogP contribution is 2.35. The lowest BCUT2D eigenvalue weighted by atomic mass is 9.77. The minimum Gasteiger partial charge on any atom is -0.310 e. The van der Waals surface area contributed by atoms with Crippen LogP contribution >= 0.6 is 23.2 Å². The molecule has 1 N–H and O–H groups in total. The van der Waals surface area contributed by atoms with Gasteiger partial charge in [0.05, 0.1) is 0 Å². The molecule has 1 aliphatic carbocycles. The van der Waals surface area contributed by atoms with E-state index in [-0.39, 0.29) is 6.04 Å². The molecular weight excluding hydrogens is 289 g/mol. The first kappa shape index (κ1) is 13.9. The Bertz CT molecular complexity index is 624. The lowest BCUT2D eigenvalue weighted by molar-refractivity contribution is 0.489. The van der Waals surface area contributed by atoms with Crippen molar-refractivity contribution in [3.8, 4) is 0 Å². The molecule has 0 saturated carbocycles. The highest BCUT2D eigenvalue weighted by Gasteiger charge is 2.25. The van der Waals surface area contributed by atoms with E-state index in [0.29, 0.717) is 10.9 Å². The van der Waals surface area contributed by atoms with Crippen molar-refractivity contribution in [1.82, 2.24) is 5.32 Å². The Labute approximate surface area is 129 Å². The molecule has 0 saturated heterocycles. The van der Waals surface area contributed by atoms with Crippen molar-refractivity contribution in [3.63, 3.8) is 0 Å². The Balaban J connectivity index is 1.62. The summed E-state index contributed by atoms with van der Waals surface area (Å²) in [5.74, 6) is 0.625. The highest BCUT2D eigenvalue weighted by molar-refractivity contribution is 6.35. The molecule has 2 atom stereocenters. The maximum atomic E-state index is 6.24. The second-order valence-electron chi connectivity index (χ2n) is 5.40. The average Bonchev–Trinajstić information content (AvgIpc) is 2.39. The fourth-order valence-corrected chi connectivity index (χ4v) is 3.40.